The third-order valence-electron chi connectivity index (χ3n) is 4.07. The van der Waals surface area contributed by atoms with Crippen LogP contribution in [0.1, 0.15) is 13.8 Å². The number of halogens is 1. The van der Waals surface area contributed by atoms with Gasteiger partial charge >= 0.3 is 0 Å². The van der Waals surface area contributed by atoms with Gasteiger partial charge in [0.15, 0.2) is 0 Å². The molecule has 0 spiro atoms. The summed E-state index contributed by atoms with van der Waals surface area (Å²) in [5.74, 6) is -1.57. The minimum atomic E-state index is -2.14. The number of hydrogen-bond acceptors (Lipinski definition) is 10. The Morgan fingerprint density at radius 3 is 1.52 bits per heavy atom. The van der Waals surface area contributed by atoms with Gasteiger partial charge in [-0.3, -0.25) is 0 Å². The molecule has 10 N–H and O–H groups in total. The summed E-state index contributed by atoms with van der Waals surface area (Å²) in [5.41, 5.74) is -1.82. The van der Waals surface area contributed by atoms with Crippen LogP contribution in [0.25, 0.3) is 0 Å². The molecule has 9 atom stereocenters. The van der Waals surface area contributed by atoms with Crippen molar-refractivity contribution < 1.29 is 51.1 Å². The number of hydrogen-bond donors (Lipinski definition) is 10. The van der Waals surface area contributed by atoms with Crippen molar-refractivity contribution in [2.45, 2.75) is 68.3 Å². The maximum absolute atomic E-state index is 10.2. The highest BCUT2D eigenvalue weighted by molar-refractivity contribution is 14.1. The fourth-order valence-corrected chi connectivity index (χ4v) is 2.95. The van der Waals surface area contributed by atoms with Gasteiger partial charge in [-0.25, -0.2) is 0 Å². The molecule has 0 aromatic rings. The van der Waals surface area contributed by atoms with Crippen LogP contribution < -0.4 is 0 Å². The molecular formula is C14H29IO10. The summed E-state index contributed by atoms with van der Waals surface area (Å²) >= 11 is 1.72. The molecule has 0 aliphatic rings. The summed E-state index contributed by atoms with van der Waals surface area (Å²) < 4.78 is -0.0215. The molecule has 0 bridgehead atoms. The zero-order chi connectivity index (χ0) is 20.1. The Morgan fingerprint density at radius 2 is 1.16 bits per heavy atom. The predicted octanol–water partition coefficient (Wildman–Crippen LogP) is -4.31. The van der Waals surface area contributed by atoms with E-state index >= 15 is 0 Å². The molecular weight excluding hydrogens is 455 g/mol. The fraction of sp³-hybridized carbons (Fsp3) is 1.00. The van der Waals surface area contributed by atoms with E-state index < -0.39 is 67.0 Å². The number of aliphatic hydroxyl groups excluding tert-OH is 9. The minimum Gasteiger partial charge on any atom is -0.394 e. The third kappa shape index (κ3) is 6.77. The lowest BCUT2D eigenvalue weighted by atomic mass is 9.82. The molecule has 11 heteroatoms. The smallest absolute Gasteiger partial charge is 0.111 e. The highest BCUT2D eigenvalue weighted by Gasteiger charge is 2.45. The second kappa shape index (κ2) is 10.6. The van der Waals surface area contributed by atoms with Crippen molar-refractivity contribution in [1.82, 2.24) is 0 Å². The lowest BCUT2D eigenvalue weighted by Gasteiger charge is -2.38. The average molecular weight is 484 g/mol. The fourth-order valence-electron chi connectivity index (χ4n) is 2.36. The first-order valence-electron chi connectivity index (χ1n) is 7.64. The van der Waals surface area contributed by atoms with E-state index in [0.29, 0.717) is 0 Å². The Morgan fingerprint density at radius 1 is 0.720 bits per heavy atom. The number of rotatable bonds is 11. The minimum absolute atomic E-state index is 0.0215. The Kier molecular flexibility index (Phi) is 10.7. The normalized spacial score (nSPS) is 23.9. The van der Waals surface area contributed by atoms with Gasteiger partial charge in [0.1, 0.15) is 30.5 Å². The Hall–Kier alpha value is 0.330. The number of alkyl halides is 1. The third-order valence-corrected chi connectivity index (χ3v) is 4.97. The molecule has 0 aromatic heterocycles. The van der Waals surface area contributed by atoms with E-state index in [1.165, 1.54) is 0 Å². The maximum Gasteiger partial charge on any atom is 0.111 e. The van der Waals surface area contributed by atoms with E-state index in [9.17, 15) is 46.0 Å². The van der Waals surface area contributed by atoms with Crippen molar-refractivity contribution in [3.8, 4) is 0 Å². The number of aliphatic hydroxyl groups is 10. The first-order chi connectivity index (χ1) is 11.3. The van der Waals surface area contributed by atoms with Gasteiger partial charge in [0, 0.05) is 10.3 Å². The Balaban J connectivity index is 5.37. The van der Waals surface area contributed by atoms with Crippen molar-refractivity contribution in [2.24, 2.45) is 5.92 Å². The molecule has 0 heterocycles. The molecule has 0 radical (unpaired) electrons. The molecule has 0 saturated heterocycles. The summed E-state index contributed by atoms with van der Waals surface area (Å²) in [6.07, 6.45) is -15.2. The van der Waals surface area contributed by atoms with Crippen LogP contribution in [-0.4, -0.2) is 117 Å². The zero-order valence-corrected chi connectivity index (χ0v) is 16.1. The van der Waals surface area contributed by atoms with Gasteiger partial charge in [0.05, 0.1) is 30.5 Å². The van der Waals surface area contributed by atoms with Crippen molar-refractivity contribution in [3.05, 3.63) is 0 Å². The maximum atomic E-state index is 10.2. The van der Waals surface area contributed by atoms with E-state index in [4.69, 9.17) is 5.11 Å². The summed E-state index contributed by atoms with van der Waals surface area (Å²) in [6.45, 7) is 1.43. The van der Waals surface area contributed by atoms with Gasteiger partial charge in [-0.2, -0.15) is 0 Å². The van der Waals surface area contributed by atoms with Crippen LogP contribution in [0.3, 0.4) is 0 Å². The Labute approximate surface area is 159 Å². The van der Waals surface area contributed by atoms with Crippen LogP contribution in [0.15, 0.2) is 0 Å². The zero-order valence-electron chi connectivity index (χ0n) is 14.0. The topological polar surface area (TPSA) is 202 Å². The van der Waals surface area contributed by atoms with Gasteiger partial charge in [-0.1, -0.05) is 22.6 Å². The van der Waals surface area contributed by atoms with Crippen LogP contribution in [-0.2, 0) is 0 Å². The second-order valence-corrected chi connectivity index (χ2v) is 7.48. The van der Waals surface area contributed by atoms with Crippen molar-refractivity contribution >= 4 is 22.6 Å². The average Bonchev–Trinajstić information content (AvgIpc) is 2.56. The molecule has 0 fully saturated rings. The lowest BCUT2D eigenvalue weighted by molar-refractivity contribution is -0.191. The van der Waals surface area contributed by atoms with Crippen LogP contribution in [0.5, 0.6) is 0 Å². The molecule has 10 nitrogen and oxygen atoms in total. The van der Waals surface area contributed by atoms with E-state index in [1.54, 1.807) is 22.6 Å². The largest absolute Gasteiger partial charge is 0.394 e. The van der Waals surface area contributed by atoms with Crippen molar-refractivity contribution in [3.63, 3.8) is 0 Å². The summed E-state index contributed by atoms with van der Waals surface area (Å²) in [4.78, 5) is 0. The van der Waals surface area contributed by atoms with E-state index in [0.717, 1.165) is 13.8 Å². The summed E-state index contributed by atoms with van der Waals surface area (Å²) in [7, 11) is 0. The highest BCUT2D eigenvalue weighted by Crippen LogP contribution is 2.25. The monoisotopic (exact) mass is 484 g/mol. The van der Waals surface area contributed by atoms with Gasteiger partial charge < -0.3 is 51.1 Å². The second-order valence-electron chi connectivity index (χ2n) is 6.60. The summed E-state index contributed by atoms with van der Waals surface area (Å²) in [5, 5.41) is 97.9. The molecule has 0 rings (SSSR count). The molecule has 0 saturated carbocycles. The van der Waals surface area contributed by atoms with Gasteiger partial charge in [0.25, 0.3) is 0 Å². The van der Waals surface area contributed by atoms with E-state index in [2.05, 4.69) is 0 Å². The first kappa shape index (κ1) is 25.3. The summed E-state index contributed by atoms with van der Waals surface area (Å²) in [6, 6.07) is 0. The van der Waals surface area contributed by atoms with Crippen molar-refractivity contribution in [1.29, 1.82) is 0 Å². The molecule has 0 aliphatic carbocycles. The van der Waals surface area contributed by atoms with Crippen LogP contribution in [0.4, 0.5) is 0 Å². The standard InChI is InChI=1S/C14H29IO10/c1-14(2,25)13(24)12(23)11(22)10(21)9(20)7(5(17)3-15)8(19)6(18)4-16/h5-13,16-25H,3-4H2,1-2H3/t5-,6?,7?,8?,9?,10?,11?,12?,13?/m1/s1. The van der Waals surface area contributed by atoms with Gasteiger partial charge in [-0.15, -0.1) is 0 Å². The van der Waals surface area contributed by atoms with Gasteiger partial charge in [-0.05, 0) is 13.8 Å². The quantitative estimate of drug-likeness (QED) is 0.101. The highest BCUT2D eigenvalue weighted by atomic mass is 127. The molecule has 152 valence electrons. The SMILES string of the molecule is CC(C)(O)C(O)C(O)C(O)C(O)C(O)C(C(O)C(O)CO)[C@H](O)CI. The Bertz CT molecular complexity index is 379. The lowest BCUT2D eigenvalue weighted by Crippen LogP contribution is -2.59. The predicted molar refractivity (Wildman–Crippen MR) is 93.8 cm³/mol. The molecule has 0 aromatic carbocycles. The molecule has 0 aliphatic heterocycles. The van der Waals surface area contributed by atoms with Crippen LogP contribution >= 0.6 is 22.6 Å². The molecule has 25 heavy (non-hydrogen) atoms. The molecule has 8 unspecified atom stereocenters. The van der Waals surface area contributed by atoms with E-state index in [-0.39, 0.29) is 4.43 Å². The molecule has 0 amide bonds. The van der Waals surface area contributed by atoms with Crippen LogP contribution in [0, 0.1) is 5.92 Å². The van der Waals surface area contributed by atoms with Gasteiger partial charge in [0.2, 0.25) is 0 Å². The van der Waals surface area contributed by atoms with Crippen molar-refractivity contribution in [2.75, 3.05) is 11.0 Å². The van der Waals surface area contributed by atoms with Crippen LogP contribution in [0.2, 0.25) is 0 Å². The first-order valence-corrected chi connectivity index (χ1v) is 9.17. The van der Waals surface area contributed by atoms with E-state index in [1.807, 2.05) is 0 Å².